The van der Waals surface area contributed by atoms with Crippen molar-refractivity contribution in [2.24, 2.45) is 0 Å². The summed E-state index contributed by atoms with van der Waals surface area (Å²) in [5, 5.41) is 6.44. The standard InChI is InChI=1S/C21H23Cl2N3O2/c1-14(24-21(28)18-12-15(22)7-8-19(18)23)11-20(27)25-16-5-4-6-17(13-16)26-9-2-3-10-26/h4-8,12-14H,2-3,9-11H2,1H3,(H,24,28)(H,25,27). The van der Waals surface area contributed by atoms with E-state index in [4.69, 9.17) is 23.2 Å². The van der Waals surface area contributed by atoms with E-state index in [1.54, 1.807) is 19.1 Å². The van der Waals surface area contributed by atoms with E-state index in [0.29, 0.717) is 15.6 Å². The van der Waals surface area contributed by atoms with Crippen LogP contribution in [-0.2, 0) is 4.79 Å². The van der Waals surface area contributed by atoms with Gasteiger partial charge in [-0.2, -0.15) is 0 Å². The molecule has 1 heterocycles. The second kappa shape index (κ2) is 9.30. The maximum Gasteiger partial charge on any atom is 0.253 e. The molecule has 148 valence electrons. The van der Waals surface area contributed by atoms with Gasteiger partial charge in [0.2, 0.25) is 5.91 Å². The molecule has 5 nitrogen and oxygen atoms in total. The van der Waals surface area contributed by atoms with Gasteiger partial charge >= 0.3 is 0 Å². The lowest BCUT2D eigenvalue weighted by atomic mass is 10.1. The Balaban J connectivity index is 1.55. The number of carbonyl (C=O) groups excluding carboxylic acids is 2. The van der Waals surface area contributed by atoms with Crippen LogP contribution in [-0.4, -0.2) is 30.9 Å². The average Bonchev–Trinajstić information content (AvgIpc) is 3.18. The largest absolute Gasteiger partial charge is 0.371 e. The van der Waals surface area contributed by atoms with Crippen LogP contribution in [0.15, 0.2) is 42.5 Å². The fourth-order valence-corrected chi connectivity index (χ4v) is 3.65. The average molecular weight is 420 g/mol. The van der Waals surface area contributed by atoms with E-state index < -0.39 is 0 Å². The summed E-state index contributed by atoms with van der Waals surface area (Å²) in [6, 6.07) is 12.2. The summed E-state index contributed by atoms with van der Waals surface area (Å²) in [4.78, 5) is 27.1. The lowest BCUT2D eigenvalue weighted by Gasteiger charge is -2.19. The second-order valence-corrected chi connectivity index (χ2v) is 7.84. The molecule has 0 aliphatic carbocycles. The van der Waals surface area contributed by atoms with E-state index in [1.165, 1.54) is 18.9 Å². The molecule has 7 heteroatoms. The number of hydrogen-bond acceptors (Lipinski definition) is 3. The highest BCUT2D eigenvalue weighted by Crippen LogP contribution is 2.24. The van der Waals surface area contributed by atoms with Gasteiger partial charge in [0.25, 0.3) is 5.91 Å². The number of halogens is 2. The van der Waals surface area contributed by atoms with E-state index in [-0.39, 0.29) is 24.3 Å². The molecule has 0 spiro atoms. The van der Waals surface area contributed by atoms with Crippen LogP contribution < -0.4 is 15.5 Å². The molecule has 28 heavy (non-hydrogen) atoms. The summed E-state index contributed by atoms with van der Waals surface area (Å²) in [5.74, 6) is -0.521. The summed E-state index contributed by atoms with van der Waals surface area (Å²) in [6.07, 6.45) is 2.55. The first-order valence-corrected chi connectivity index (χ1v) is 10.1. The van der Waals surface area contributed by atoms with E-state index in [9.17, 15) is 9.59 Å². The molecular weight excluding hydrogens is 397 g/mol. The molecule has 2 amide bonds. The molecule has 0 radical (unpaired) electrons. The number of benzene rings is 2. The minimum atomic E-state index is -0.358. The minimum absolute atomic E-state index is 0.151. The van der Waals surface area contributed by atoms with Crippen molar-refractivity contribution < 1.29 is 9.59 Å². The third-order valence-corrected chi connectivity index (χ3v) is 5.21. The Morgan fingerprint density at radius 3 is 2.61 bits per heavy atom. The van der Waals surface area contributed by atoms with Crippen LogP contribution in [0.2, 0.25) is 10.0 Å². The van der Waals surface area contributed by atoms with Gasteiger partial charge in [0, 0.05) is 41.9 Å². The first-order valence-electron chi connectivity index (χ1n) is 9.33. The lowest BCUT2D eigenvalue weighted by Crippen LogP contribution is -2.35. The molecule has 2 N–H and O–H groups in total. The third kappa shape index (κ3) is 5.40. The SMILES string of the molecule is CC(CC(=O)Nc1cccc(N2CCCC2)c1)NC(=O)c1cc(Cl)ccc1Cl. The molecule has 1 fully saturated rings. The topological polar surface area (TPSA) is 61.4 Å². The quantitative estimate of drug-likeness (QED) is 0.710. The molecule has 3 rings (SSSR count). The number of nitrogens with zero attached hydrogens (tertiary/aromatic N) is 1. The highest BCUT2D eigenvalue weighted by molar-refractivity contribution is 6.35. The van der Waals surface area contributed by atoms with Crippen molar-refractivity contribution in [1.29, 1.82) is 0 Å². The van der Waals surface area contributed by atoms with Crippen molar-refractivity contribution in [1.82, 2.24) is 5.32 Å². The molecule has 1 aliphatic heterocycles. The minimum Gasteiger partial charge on any atom is -0.371 e. The summed E-state index contributed by atoms with van der Waals surface area (Å²) in [6.45, 7) is 3.87. The summed E-state index contributed by atoms with van der Waals surface area (Å²) >= 11 is 12.0. The monoisotopic (exact) mass is 419 g/mol. The van der Waals surface area contributed by atoms with Crippen molar-refractivity contribution in [2.75, 3.05) is 23.3 Å². The maximum atomic E-state index is 12.4. The smallest absolute Gasteiger partial charge is 0.253 e. The molecule has 2 aromatic rings. The van der Waals surface area contributed by atoms with Crippen molar-refractivity contribution in [3.63, 3.8) is 0 Å². The van der Waals surface area contributed by atoms with Crippen LogP contribution in [0.5, 0.6) is 0 Å². The molecule has 0 saturated carbocycles. The van der Waals surface area contributed by atoms with Crippen LogP contribution in [0.4, 0.5) is 11.4 Å². The predicted molar refractivity (Wildman–Crippen MR) is 115 cm³/mol. The van der Waals surface area contributed by atoms with Crippen molar-refractivity contribution in [3.05, 3.63) is 58.1 Å². The number of amides is 2. The number of hydrogen-bond donors (Lipinski definition) is 2. The lowest BCUT2D eigenvalue weighted by molar-refractivity contribution is -0.116. The zero-order valence-corrected chi connectivity index (χ0v) is 17.2. The zero-order chi connectivity index (χ0) is 20.1. The van der Waals surface area contributed by atoms with Gasteiger partial charge in [0.05, 0.1) is 10.6 Å². The molecule has 1 unspecified atom stereocenters. The van der Waals surface area contributed by atoms with Crippen LogP contribution in [0.1, 0.15) is 36.5 Å². The van der Waals surface area contributed by atoms with Crippen LogP contribution >= 0.6 is 23.2 Å². The zero-order valence-electron chi connectivity index (χ0n) is 15.7. The predicted octanol–water partition coefficient (Wildman–Crippen LogP) is 4.74. The fourth-order valence-electron chi connectivity index (χ4n) is 3.27. The Bertz CT molecular complexity index is 866. The second-order valence-electron chi connectivity index (χ2n) is 7.00. The highest BCUT2D eigenvalue weighted by atomic mass is 35.5. The van der Waals surface area contributed by atoms with Gasteiger partial charge in [-0.25, -0.2) is 0 Å². The van der Waals surface area contributed by atoms with E-state index in [0.717, 1.165) is 24.5 Å². The van der Waals surface area contributed by atoms with Gasteiger partial charge in [0.15, 0.2) is 0 Å². The first-order chi connectivity index (χ1) is 13.4. The molecule has 1 atom stereocenters. The van der Waals surface area contributed by atoms with Gasteiger partial charge in [-0.1, -0.05) is 29.3 Å². The van der Waals surface area contributed by atoms with Crippen molar-refractivity contribution >= 4 is 46.4 Å². The summed E-state index contributed by atoms with van der Waals surface area (Å²) in [5.41, 5.74) is 2.16. The van der Waals surface area contributed by atoms with Gasteiger partial charge in [-0.05, 0) is 56.2 Å². The van der Waals surface area contributed by atoms with E-state index >= 15 is 0 Å². The highest BCUT2D eigenvalue weighted by Gasteiger charge is 2.17. The van der Waals surface area contributed by atoms with Crippen molar-refractivity contribution in [2.45, 2.75) is 32.2 Å². The summed E-state index contributed by atoms with van der Waals surface area (Å²) < 4.78 is 0. The van der Waals surface area contributed by atoms with Crippen LogP contribution in [0, 0.1) is 0 Å². The van der Waals surface area contributed by atoms with E-state index in [1.807, 2.05) is 18.2 Å². The summed E-state index contributed by atoms with van der Waals surface area (Å²) in [7, 11) is 0. The van der Waals surface area contributed by atoms with Gasteiger partial charge in [-0.15, -0.1) is 0 Å². The number of nitrogens with one attached hydrogen (secondary N) is 2. The maximum absolute atomic E-state index is 12.4. The number of anilines is 2. The molecule has 0 bridgehead atoms. The van der Waals surface area contributed by atoms with Gasteiger partial charge in [-0.3, -0.25) is 9.59 Å². The van der Waals surface area contributed by atoms with Crippen LogP contribution in [0.3, 0.4) is 0 Å². The molecule has 2 aromatic carbocycles. The Morgan fingerprint density at radius 1 is 1.11 bits per heavy atom. The normalized spacial score (nSPS) is 14.6. The molecule has 1 saturated heterocycles. The number of rotatable bonds is 6. The molecular formula is C21H23Cl2N3O2. The Hall–Kier alpha value is -2.24. The Labute approximate surface area is 175 Å². The van der Waals surface area contributed by atoms with E-state index in [2.05, 4.69) is 21.6 Å². The Kier molecular flexibility index (Phi) is 6.81. The Morgan fingerprint density at radius 2 is 1.86 bits per heavy atom. The van der Waals surface area contributed by atoms with Gasteiger partial charge < -0.3 is 15.5 Å². The molecule has 0 aromatic heterocycles. The van der Waals surface area contributed by atoms with Crippen LogP contribution in [0.25, 0.3) is 0 Å². The molecule has 1 aliphatic rings. The third-order valence-electron chi connectivity index (χ3n) is 4.64. The number of carbonyl (C=O) groups is 2. The fraction of sp³-hybridized carbons (Fsp3) is 0.333. The first kappa shape index (κ1) is 20.5. The van der Waals surface area contributed by atoms with Crippen molar-refractivity contribution in [3.8, 4) is 0 Å². The van der Waals surface area contributed by atoms with Gasteiger partial charge in [0.1, 0.15) is 0 Å².